The fraction of sp³-hybridized carbons (Fsp3) is 0.429. The molecule has 0 aromatic carbocycles. The van der Waals surface area contributed by atoms with Crippen molar-refractivity contribution in [3.8, 4) is 0 Å². The van der Waals surface area contributed by atoms with Gasteiger partial charge in [-0.1, -0.05) is 0 Å². The van der Waals surface area contributed by atoms with E-state index in [0.717, 1.165) is 0 Å². The third-order valence-electron chi connectivity index (χ3n) is 1.17. The Kier molecular flexibility index (Phi) is 4.52. The number of carbonyl (C=O) groups is 1. The summed E-state index contributed by atoms with van der Waals surface area (Å²) in [5.41, 5.74) is 5.50. The first kappa shape index (κ1) is 10.5. The van der Waals surface area contributed by atoms with E-state index in [4.69, 9.17) is 10.8 Å². The maximum absolute atomic E-state index is 10.5. The van der Waals surface area contributed by atoms with Crippen molar-refractivity contribution in [3.63, 3.8) is 0 Å². The van der Waals surface area contributed by atoms with E-state index in [1.165, 1.54) is 13.3 Å². The summed E-state index contributed by atoms with van der Waals surface area (Å²) in [6.45, 7) is 2.42. The summed E-state index contributed by atoms with van der Waals surface area (Å²) in [6.07, 6.45) is 1.33. The van der Waals surface area contributed by atoms with Crippen LogP contribution in [0.1, 0.15) is 6.92 Å². The summed E-state index contributed by atoms with van der Waals surface area (Å²) >= 11 is 0. The van der Waals surface area contributed by atoms with Crippen LogP contribution >= 0.6 is 0 Å². The lowest BCUT2D eigenvalue weighted by molar-refractivity contribution is -0.133. The molecule has 0 atom stereocenters. The van der Waals surface area contributed by atoms with Crippen molar-refractivity contribution in [2.24, 2.45) is 10.7 Å². The number of carboxylic acid groups (broad SMARTS) is 1. The van der Waals surface area contributed by atoms with E-state index in [1.54, 1.807) is 0 Å². The average molecular weight is 171 g/mol. The molecule has 0 heterocycles. The van der Waals surface area contributed by atoms with Crippen LogP contribution < -0.4 is 11.1 Å². The molecule has 4 N–H and O–H groups in total. The van der Waals surface area contributed by atoms with E-state index < -0.39 is 5.97 Å². The van der Waals surface area contributed by atoms with Gasteiger partial charge in [-0.25, -0.2) is 4.79 Å². The molecule has 5 heteroatoms. The lowest BCUT2D eigenvalue weighted by atomic mass is 10.3. The third-order valence-corrected chi connectivity index (χ3v) is 1.17. The lowest BCUT2D eigenvalue weighted by Gasteiger charge is -2.01. The summed E-state index contributed by atoms with van der Waals surface area (Å²) < 4.78 is 0. The van der Waals surface area contributed by atoms with E-state index in [9.17, 15) is 4.79 Å². The molecule has 0 aliphatic rings. The minimum Gasteiger partial charge on any atom is -0.477 e. The van der Waals surface area contributed by atoms with Crippen molar-refractivity contribution in [2.45, 2.75) is 6.92 Å². The minimum absolute atomic E-state index is 0.0350. The molecule has 0 amide bonds. The highest BCUT2D eigenvalue weighted by atomic mass is 16.4. The number of nitrogens with two attached hydrogens (primary N) is 1. The molecule has 0 rings (SSSR count). The third kappa shape index (κ3) is 3.05. The highest BCUT2D eigenvalue weighted by Gasteiger charge is 2.07. The Balaban J connectivity index is 4.60. The second kappa shape index (κ2) is 5.17. The molecule has 0 bridgehead atoms. The molecule has 68 valence electrons. The van der Waals surface area contributed by atoms with Gasteiger partial charge in [-0.2, -0.15) is 0 Å². The fourth-order valence-electron chi connectivity index (χ4n) is 0.629. The molecule has 0 spiro atoms. The molecule has 0 aliphatic carbocycles. The topological polar surface area (TPSA) is 87.7 Å². The standard InChI is InChI=1S/C7H13N3O2/c1-3-10-4-5(8)6(9-2)7(11)12/h4,9H,3,8H2,1-2H3,(H,11,12)/b6-5+,10-4-. The summed E-state index contributed by atoms with van der Waals surface area (Å²) in [5, 5.41) is 11.1. The first-order valence-corrected chi connectivity index (χ1v) is 3.54. The maximum Gasteiger partial charge on any atom is 0.354 e. The largest absolute Gasteiger partial charge is 0.477 e. The zero-order valence-corrected chi connectivity index (χ0v) is 7.16. The number of allylic oxidation sites excluding steroid dienone is 1. The number of hydrogen-bond donors (Lipinski definition) is 3. The molecule has 0 aliphatic heterocycles. The number of aliphatic carboxylic acids is 1. The Labute approximate surface area is 71.0 Å². The predicted octanol–water partition coefficient (Wildman–Crippen LogP) is -0.449. The Bertz CT molecular complexity index is 221. The molecule has 0 aromatic heterocycles. The molecule has 0 saturated heterocycles. The number of carboxylic acids is 1. The Hall–Kier alpha value is -1.52. The van der Waals surface area contributed by atoms with Crippen molar-refractivity contribution in [2.75, 3.05) is 13.6 Å². The van der Waals surface area contributed by atoms with Gasteiger partial charge in [0.1, 0.15) is 5.70 Å². The van der Waals surface area contributed by atoms with Gasteiger partial charge in [0.05, 0.1) is 5.70 Å². The van der Waals surface area contributed by atoms with Crippen LogP contribution in [0.5, 0.6) is 0 Å². The molecule has 0 fully saturated rings. The van der Waals surface area contributed by atoms with Crippen molar-refractivity contribution in [1.82, 2.24) is 5.32 Å². The molecule has 0 saturated carbocycles. The Morgan fingerprint density at radius 2 is 2.33 bits per heavy atom. The Morgan fingerprint density at radius 1 is 1.75 bits per heavy atom. The van der Waals surface area contributed by atoms with Gasteiger partial charge < -0.3 is 16.2 Å². The minimum atomic E-state index is -1.09. The van der Waals surface area contributed by atoms with Gasteiger partial charge in [0.25, 0.3) is 0 Å². The van der Waals surface area contributed by atoms with Crippen molar-refractivity contribution in [1.29, 1.82) is 0 Å². The average Bonchev–Trinajstić information content (AvgIpc) is 2.01. The molecule has 5 nitrogen and oxygen atoms in total. The number of rotatable bonds is 4. The highest BCUT2D eigenvalue weighted by Crippen LogP contribution is 1.91. The first-order valence-electron chi connectivity index (χ1n) is 3.54. The summed E-state index contributed by atoms with van der Waals surface area (Å²) in [5.74, 6) is -1.09. The quantitative estimate of drug-likeness (QED) is 0.395. The van der Waals surface area contributed by atoms with Crippen LogP contribution in [-0.2, 0) is 4.79 Å². The normalized spacial score (nSPS) is 12.8. The van der Waals surface area contributed by atoms with Crippen LogP contribution in [0.25, 0.3) is 0 Å². The number of nitrogens with zero attached hydrogens (tertiary/aromatic N) is 1. The van der Waals surface area contributed by atoms with Crippen molar-refractivity contribution in [3.05, 3.63) is 11.4 Å². The van der Waals surface area contributed by atoms with Crippen LogP contribution in [0, 0.1) is 0 Å². The molecule has 0 unspecified atom stereocenters. The SMILES string of the molecule is CC/N=C\C(N)=C(/NC)C(=O)O. The smallest absolute Gasteiger partial charge is 0.354 e. The number of aliphatic imine (C=N–C) groups is 1. The molecule has 12 heavy (non-hydrogen) atoms. The van der Waals surface area contributed by atoms with Crippen LogP contribution in [-0.4, -0.2) is 30.9 Å². The summed E-state index contributed by atoms with van der Waals surface area (Å²) in [4.78, 5) is 14.3. The molecular formula is C7H13N3O2. The zero-order valence-electron chi connectivity index (χ0n) is 7.16. The van der Waals surface area contributed by atoms with Crippen molar-refractivity contribution < 1.29 is 9.90 Å². The molecular weight excluding hydrogens is 158 g/mol. The van der Waals surface area contributed by atoms with Crippen LogP contribution in [0.2, 0.25) is 0 Å². The van der Waals surface area contributed by atoms with Crippen LogP contribution in [0.15, 0.2) is 16.4 Å². The van der Waals surface area contributed by atoms with E-state index in [1.807, 2.05) is 6.92 Å². The summed E-state index contributed by atoms with van der Waals surface area (Å²) in [7, 11) is 1.50. The maximum atomic E-state index is 10.5. The van der Waals surface area contributed by atoms with E-state index in [2.05, 4.69) is 10.3 Å². The second-order valence-corrected chi connectivity index (χ2v) is 2.01. The van der Waals surface area contributed by atoms with E-state index in [-0.39, 0.29) is 11.4 Å². The number of hydrogen-bond acceptors (Lipinski definition) is 4. The monoisotopic (exact) mass is 171 g/mol. The highest BCUT2D eigenvalue weighted by molar-refractivity contribution is 5.94. The summed E-state index contributed by atoms with van der Waals surface area (Å²) in [6, 6.07) is 0. The van der Waals surface area contributed by atoms with Gasteiger partial charge in [-0.15, -0.1) is 0 Å². The van der Waals surface area contributed by atoms with E-state index >= 15 is 0 Å². The predicted molar refractivity (Wildman–Crippen MR) is 46.9 cm³/mol. The van der Waals surface area contributed by atoms with Crippen molar-refractivity contribution >= 4 is 12.2 Å². The molecule has 0 radical (unpaired) electrons. The van der Waals surface area contributed by atoms with Gasteiger partial charge in [0, 0.05) is 19.8 Å². The molecule has 0 aromatic rings. The van der Waals surface area contributed by atoms with Gasteiger partial charge in [0.15, 0.2) is 0 Å². The van der Waals surface area contributed by atoms with Gasteiger partial charge >= 0.3 is 5.97 Å². The fourth-order valence-corrected chi connectivity index (χ4v) is 0.629. The first-order chi connectivity index (χ1) is 5.63. The van der Waals surface area contributed by atoms with Gasteiger partial charge in [-0.3, -0.25) is 4.99 Å². The number of likely N-dealkylation sites (N-methyl/N-ethyl adjacent to an activating group) is 1. The Morgan fingerprint density at radius 3 is 2.67 bits per heavy atom. The zero-order chi connectivity index (χ0) is 9.56. The van der Waals surface area contributed by atoms with Crippen LogP contribution in [0.3, 0.4) is 0 Å². The second-order valence-electron chi connectivity index (χ2n) is 2.01. The van der Waals surface area contributed by atoms with Crippen LogP contribution in [0.4, 0.5) is 0 Å². The van der Waals surface area contributed by atoms with E-state index in [0.29, 0.717) is 6.54 Å². The number of nitrogens with one attached hydrogen (secondary N) is 1. The van der Waals surface area contributed by atoms with Gasteiger partial charge in [0.2, 0.25) is 0 Å². The lowest BCUT2D eigenvalue weighted by Crippen LogP contribution is -2.22. The van der Waals surface area contributed by atoms with Gasteiger partial charge in [-0.05, 0) is 6.92 Å².